The molecule has 0 atom stereocenters. The Labute approximate surface area is 134 Å². The molecule has 2 aliphatic rings. The average Bonchev–Trinajstić information content (AvgIpc) is 2.39. The number of nitrogens with zero attached hydrogens (tertiary/aromatic N) is 1. The average molecular weight is 313 g/mol. The first-order valence-electron chi connectivity index (χ1n) is 8.17. The van der Waals surface area contributed by atoms with Gasteiger partial charge in [0, 0.05) is 30.3 Å². The van der Waals surface area contributed by atoms with Crippen LogP contribution in [0.15, 0.2) is 0 Å². The highest BCUT2D eigenvalue weighted by atomic mass is 16.7. The van der Waals surface area contributed by atoms with E-state index in [1.165, 1.54) is 0 Å². The molecule has 0 aliphatic carbocycles. The highest BCUT2D eigenvalue weighted by Gasteiger charge is 2.55. The molecule has 0 aromatic carbocycles. The van der Waals surface area contributed by atoms with E-state index in [4.69, 9.17) is 14.2 Å². The lowest BCUT2D eigenvalue weighted by Crippen LogP contribution is -2.67. The predicted octanol–water partition coefficient (Wildman–Crippen LogP) is 2.72. The van der Waals surface area contributed by atoms with Gasteiger partial charge in [-0.2, -0.15) is 0 Å². The van der Waals surface area contributed by atoms with E-state index < -0.39 is 11.4 Å². The zero-order valence-electron chi connectivity index (χ0n) is 15.1. The van der Waals surface area contributed by atoms with Crippen molar-refractivity contribution in [3.8, 4) is 0 Å². The maximum atomic E-state index is 11.6. The lowest BCUT2D eigenvalue weighted by molar-refractivity contribution is -0.349. The minimum absolute atomic E-state index is 0.0183. The van der Waals surface area contributed by atoms with Crippen LogP contribution in [0.2, 0.25) is 0 Å². The Bertz CT molecular complexity index is 416. The van der Waals surface area contributed by atoms with Gasteiger partial charge in [0.05, 0.1) is 13.2 Å². The van der Waals surface area contributed by atoms with Gasteiger partial charge in [-0.25, -0.2) is 0 Å². The summed E-state index contributed by atoms with van der Waals surface area (Å²) in [6.07, 6.45) is 1.97. The molecule has 0 amide bonds. The third-order valence-electron chi connectivity index (χ3n) is 5.15. The van der Waals surface area contributed by atoms with Crippen LogP contribution in [0.5, 0.6) is 0 Å². The van der Waals surface area contributed by atoms with Gasteiger partial charge in [-0.05, 0) is 41.7 Å². The predicted molar refractivity (Wildman–Crippen MR) is 84.6 cm³/mol. The molecule has 0 aromatic heterocycles. The first-order chi connectivity index (χ1) is 9.94. The molecule has 5 nitrogen and oxygen atoms in total. The molecule has 2 saturated heterocycles. The molecule has 128 valence electrons. The van der Waals surface area contributed by atoms with Crippen LogP contribution in [0, 0.1) is 0 Å². The number of hydrogen-bond acceptors (Lipinski definition) is 5. The van der Waals surface area contributed by atoms with Gasteiger partial charge in [0.25, 0.3) is 0 Å². The molecular weight excluding hydrogens is 282 g/mol. The van der Waals surface area contributed by atoms with Crippen molar-refractivity contribution < 1.29 is 19.0 Å². The molecular formula is C17H31NO4. The van der Waals surface area contributed by atoms with Gasteiger partial charge in [-0.15, -0.1) is 0 Å². The SMILES string of the molecule is CCC(=O)OC1(C)COC2(CC(C)(C)N(C)C(C)(C)C2)OC1. The summed E-state index contributed by atoms with van der Waals surface area (Å²) in [6.45, 7) is 13.3. The van der Waals surface area contributed by atoms with E-state index in [0.717, 1.165) is 12.8 Å². The highest BCUT2D eigenvalue weighted by Crippen LogP contribution is 2.47. The lowest BCUT2D eigenvalue weighted by atomic mass is 9.76. The summed E-state index contributed by atoms with van der Waals surface area (Å²) >= 11 is 0. The Balaban J connectivity index is 2.11. The molecule has 0 N–H and O–H groups in total. The zero-order valence-corrected chi connectivity index (χ0v) is 15.1. The molecule has 0 radical (unpaired) electrons. The summed E-state index contributed by atoms with van der Waals surface area (Å²) in [4.78, 5) is 14.0. The second-order valence-electron chi connectivity index (χ2n) is 8.30. The van der Waals surface area contributed by atoms with Crippen LogP contribution in [0.4, 0.5) is 0 Å². The highest BCUT2D eigenvalue weighted by molar-refractivity contribution is 5.69. The zero-order chi connectivity index (χ0) is 16.8. The molecule has 0 bridgehead atoms. The monoisotopic (exact) mass is 313 g/mol. The molecule has 2 rings (SSSR count). The Kier molecular flexibility index (Phi) is 4.39. The maximum Gasteiger partial charge on any atom is 0.306 e. The number of piperidine rings is 1. The normalized spacial score (nSPS) is 29.2. The summed E-state index contributed by atoms with van der Waals surface area (Å²) in [6, 6.07) is 0. The van der Waals surface area contributed by atoms with E-state index >= 15 is 0 Å². The number of esters is 1. The molecule has 22 heavy (non-hydrogen) atoms. The topological polar surface area (TPSA) is 48.0 Å². The molecule has 2 aliphatic heterocycles. The number of carbonyl (C=O) groups excluding carboxylic acids is 1. The number of hydrogen-bond donors (Lipinski definition) is 0. The molecule has 0 unspecified atom stereocenters. The van der Waals surface area contributed by atoms with Gasteiger partial charge in [-0.3, -0.25) is 9.69 Å². The van der Waals surface area contributed by atoms with E-state index in [0.29, 0.717) is 19.6 Å². The largest absolute Gasteiger partial charge is 0.454 e. The Morgan fingerprint density at radius 3 is 1.91 bits per heavy atom. The van der Waals surface area contributed by atoms with Crippen molar-refractivity contribution in [1.82, 2.24) is 4.90 Å². The minimum atomic E-state index is -0.685. The van der Waals surface area contributed by atoms with Crippen LogP contribution in [0.3, 0.4) is 0 Å². The van der Waals surface area contributed by atoms with E-state index in [-0.39, 0.29) is 17.0 Å². The van der Waals surface area contributed by atoms with Crippen molar-refractivity contribution in [2.24, 2.45) is 0 Å². The minimum Gasteiger partial charge on any atom is -0.454 e. The van der Waals surface area contributed by atoms with E-state index in [1.54, 1.807) is 6.92 Å². The number of carbonyl (C=O) groups is 1. The van der Waals surface area contributed by atoms with Crippen LogP contribution in [0.25, 0.3) is 0 Å². The van der Waals surface area contributed by atoms with Crippen molar-refractivity contribution in [2.75, 3.05) is 20.3 Å². The van der Waals surface area contributed by atoms with Crippen molar-refractivity contribution >= 4 is 5.97 Å². The number of likely N-dealkylation sites (tertiary alicyclic amines) is 1. The lowest BCUT2D eigenvalue weighted by Gasteiger charge is -2.59. The third kappa shape index (κ3) is 3.31. The molecule has 5 heteroatoms. The van der Waals surface area contributed by atoms with Crippen LogP contribution in [-0.2, 0) is 19.0 Å². The number of ether oxygens (including phenoxy) is 3. The van der Waals surface area contributed by atoms with Gasteiger partial charge in [-0.1, -0.05) is 6.92 Å². The fourth-order valence-corrected chi connectivity index (χ4v) is 3.70. The third-order valence-corrected chi connectivity index (χ3v) is 5.15. The van der Waals surface area contributed by atoms with Crippen LogP contribution < -0.4 is 0 Å². The Morgan fingerprint density at radius 1 is 1.05 bits per heavy atom. The van der Waals surface area contributed by atoms with E-state index in [1.807, 2.05) is 6.92 Å². The summed E-state index contributed by atoms with van der Waals surface area (Å²) in [5.74, 6) is -0.799. The first kappa shape index (κ1) is 17.7. The molecule has 0 aromatic rings. The quantitative estimate of drug-likeness (QED) is 0.734. The second-order valence-corrected chi connectivity index (χ2v) is 8.30. The molecule has 2 fully saturated rings. The van der Waals surface area contributed by atoms with Gasteiger partial charge in [0.2, 0.25) is 0 Å². The summed E-state index contributed by atoms with van der Waals surface area (Å²) < 4.78 is 17.8. The standard InChI is InChI=1S/C17H31NO4/c1-8-13(19)22-16(6)11-20-17(21-12-16)9-14(2,3)18(7)15(4,5)10-17/h8-12H2,1-7H3. The fourth-order valence-electron chi connectivity index (χ4n) is 3.70. The maximum absolute atomic E-state index is 11.6. The van der Waals surface area contributed by atoms with E-state index in [9.17, 15) is 4.79 Å². The van der Waals surface area contributed by atoms with Gasteiger partial charge < -0.3 is 14.2 Å². The summed E-state index contributed by atoms with van der Waals surface area (Å²) in [7, 11) is 2.16. The Morgan fingerprint density at radius 2 is 1.50 bits per heavy atom. The van der Waals surface area contributed by atoms with Crippen LogP contribution in [-0.4, -0.2) is 53.6 Å². The smallest absolute Gasteiger partial charge is 0.306 e. The van der Waals surface area contributed by atoms with Crippen molar-refractivity contribution in [1.29, 1.82) is 0 Å². The number of rotatable bonds is 2. The summed E-state index contributed by atoms with van der Waals surface area (Å²) in [5.41, 5.74) is -0.721. The fraction of sp³-hybridized carbons (Fsp3) is 0.941. The second kappa shape index (κ2) is 5.46. The molecule has 2 heterocycles. The van der Waals surface area contributed by atoms with Crippen molar-refractivity contribution in [3.63, 3.8) is 0 Å². The van der Waals surface area contributed by atoms with E-state index in [2.05, 4.69) is 39.6 Å². The molecule has 0 saturated carbocycles. The molecule has 1 spiro atoms. The van der Waals surface area contributed by atoms with Crippen LogP contribution >= 0.6 is 0 Å². The van der Waals surface area contributed by atoms with Crippen molar-refractivity contribution in [3.05, 3.63) is 0 Å². The van der Waals surface area contributed by atoms with Crippen LogP contribution in [0.1, 0.15) is 60.8 Å². The first-order valence-corrected chi connectivity index (χ1v) is 8.17. The van der Waals surface area contributed by atoms with Crippen molar-refractivity contribution in [2.45, 2.75) is 83.3 Å². The van der Waals surface area contributed by atoms with Gasteiger partial charge in [0.1, 0.15) is 0 Å². The van der Waals surface area contributed by atoms with Gasteiger partial charge >= 0.3 is 5.97 Å². The summed E-state index contributed by atoms with van der Waals surface area (Å²) in [5, 5.41) is 0. The Hall–Kier alpha value is -0.650. The van der Waals surface area contributed by atoms with Gasteiger partial charge in [0.15, 0.2) is 11.4 Å².